The fourth-order valence-electron chi connectivity index (χ4n) is 1.49. The minimum atomic E-state index is -4.94. The van der Waals surface area contributed by atoms with Crippen LogP contribution in [0.5, 0.6) is 0 Å². The molecule has 102 valence electrons. The third-order valence-corrected chi connectivity index (χ3v) is 2.43. The van der Waals surface area contributed by atoms with Crippen LogP contribution >= 0.6 is 0 Å². The number of rotatable bonds is 2. The topological polar surface area (TPSA) is 20.2 Å². The number of aliphatic hydroxyl groups excluding tert-OH is 1. The average molecular weight is 272 g/mol. The van der Waals surface area contributed by atoms with Gasteiger partial charge in [0.25, 0.3) is 0 Å². The summed E-state index contributed by atoms with van der Waals surface area (Å²) in [6.07, 6.45) is -11.2. The fourth-order valence-corrected chi connectivity index (χ4v) is 1.49. The van der Waals surface area contributed by atoms with E-state index in [1.807, 2.05) is 0 Å². The van der Waals surface area contributed by atoms with Gasteiger partial charge >= 0.3 is 12.4 Å². The Bertz CT molecular complexity index is 421. The molecule has 0 spiro atoms. The first kappa shape index (κ1) is 14.8. The van der Waals surface area contributed by atoms with E-state index in [9.17, 15) is 31.4 Å². The van der Waals surface area contributed by atoms with Crippen LogP contribution in [0.4, 0.5) is 26.3 Å². The summed E-state index contributed by atoms with van der Waals surface area (Å²) in [6.45, 7) is 1.43. The third kappa shape index (κ3) is 3.16. The molecule has 0 fully saturated rings. The fraction of sp³-hybridized carbons (Fsp3) is 0.455. The molecule has 0 aliphatic rings. The molecule has 0 aliphatic heterocycles. The van der Waals surface area contributed by atoms with E-state index < -0.39 is 35.1 Å². The lowest BCUT2D eigenvalue weighted by Gasteiger charge is -2.18. The first-order valence-corrected chi connectivity index (χ1v) is 5.03. The van der Waals surface area contributed by atoms with Crippen molar-refractivity contribution in [2.24, 2.45) is 0 Å². The van der Waals surface area contributed by atoms with Crippen molar-refractivity contribution in [3.63, 3.8) is 0 Å². The summed E-state index contributed by atoms with van der Waals surface area (Å²) in [4.78, 5) is 0. The van der Waals surface area contributed by atoms with Gasteiger partial charge in [-0.3, -0.25) is 0 Å². The molecule has 1 aromatic carbocycles. The lowest BCUT2D eigenvalue weighted by Crippen LogP contribution is -2.15. The second-order valence-electron chi connectivity index (χ2n) is 3.72. The van der Waals surface area contributed by atoms with Crippen molar-refractivity contribution >= 4 is 0 Å². The second kappa shape index (κ2) is 4.79. The van der Waals surface area contributed by atoms with Crippen molar-refractivity contribution in [1.82, 2.24) is 0 Å². The molecule has 0 saturated heterocycles. The molecule has 18 heavy (non-hydrogen) atoms. The number of hydrogen-bond donors (Lipinski definition) is 1. The Kier molecular flexibility index (Phi) is 3.95. The molecule has 1 unspecified atom stereocenters. The van der Waals surface area contributed by atoms with Crippen LogP contribution in [-0.2, 0) is 12.4 Å². The number of halogens is 6. The zero-order valence-corrected chi connectivity index (χ0v) is 9.23. The largest absolute Gasteiger partial charge is 0.416 e. The summed E-state index contributed by atoms with van der Waals surface area (Å²) in [5.74, 6) is 0. The van der Waals surface area contributed by atoms with E-state index >= 15 is 0 Å². The number of benzene rings is 1. The molecule has 0 bridgehead atoms. The first-order chi connectivity index (χ1) is 8.07. The van der Waals surface area contributed by atoms with Gasteiger partial charge in [0.2, 0.25) is 0 Å². The van der Waals surface area contributed by atoms with Gasteiger partial charge in [-0.15, -0.1) is 0 Å². The normalized spacial score (nSPS) is 14.7. The highest BCUT2D eigenvalue weighted by molar-refractivity contribution is 5.36. The highest BCUT2D eigenvalue weighted by Gasteiger charge is 2.38. The van der Waals surface area contributed by atoms with Crippen LogP contribution in [-0.4, -0.2) is 5.11 Å². The van der Waals surface area contributed by atoms with E-state index in [0.29, 0.717) is 12.1 Å². The van der Waals surface area contributed by atoms with Gasteiger partial charge < -0.3 is 5.11 Å². The zero-order valence-electron chi connectivity index (χ0n) is 9.23. The van der Waals surface area contributed by atoms with Gasteiger partial charge in [0.05, 0.1) is 17.2 Å². The average Bonchev–Trinajstić information content (AvgIpc) is 2.24. The molecule has 0 saturated carbocycles. The van der Waals surface area contributed by atoms with Crippen molar-refractivity contribution < 1.29 is 31.4 Å². The molecule has 0 heterocycles. The summed E-state index contributed by atoms with van der Waals surface area (Å²) in [7, 11) is 0. The minimum Gasteiger partial charge on any atom is -0.388 e. The molecular weight excluding hydrogens is 262 g/mol. The van der Waals surface area contributed by atoms with Crippen molar-refractivity contribution in [1.29, 1.82) is 0 Å². The molecule has 1 N–H and O–H groups in total. The predicted molar refractivity (Wildman–Crippen MR) is 51.7 cm³/mol. The van der Waals surface area contributed by atoms with Gasteiger partial charge in [0.15, 0.2) is 0 Å². The summed E-state index contributed by atoms with van der Waals surface area (Å²) in [5.41, 5.74) is -3.38. The van der Waals surface area contributed by atoms with Gasteiger partial charge in [-0.1, -0.05) is 13.0 Å². The smallest absolute Gasteiger partial charge is 0.388 e. The van der Waals surface area contributed by atoms with Crippen LogP contribution in [0.2, 0.25) is 0 Å². The SMILES string of the molecule is CCC(O)c1ccc(C(F)(F)F)cc1C(F)(F)F. The van der Waals surface area contributed by atoms with Crippen molar-refractivity contribution in [2.45, 2.75) is 31.8 Å². The quantitative estimate of drug-likeness (QED) is 0.801. The molecule has 1 nitrogen and oxygen atoms in total. The number of hydrogen-bond acceptors (Lipinski definition) is 1. The van der Waals surface area contributed by atoms with Crippen LogP contribution in [0, 0.1) is 0 Å². The van der Waals surface area contributed by atoms with Crippen LogP contribution in [0.25, 0.3) is 0 Å². The Balaban J connectivity index is 3.40. The van der Waals surface area contributed by atoms with E-state index in [4.69, 9.17) is 0 Å². The zero-order chi connectivity index (χ0) is 14.1. The Morgan fingerprint density at radius 2 is 1.61 bits per heavy atom. The Morgan fingerprint density at radius 1 is 1.06 bits per heavy atom. The van der Waals surface area contributed by atoms with E-state index in [2.05, 4.69) is 0 Å². The highest BCUT2D eigenvalue weighted by atomic mass is 19.4. The molecule has 0 aromatic heterocycles. The standard InChI is InChI=1S/C11H10F6O/c1-2-9(18)7-4-3-6(10(12,13)14)5-8(7)11(15,16)17/h3-5,9,18H,2H2,1H3. The number of aliphatic hydroxyl groups is 1. The van der Waals surface area contributed by atoms with Gasteiger partial charge in [0.1, 0.15) is 0 Å². The summed E-state index contributed by atoms with van der Waals surface area (Å²) < 4.78 is 74.9. The maximum atomic E-state index is 12.6. The van der Waals surface area contributed by atoms with Crippen molar-refractivity contribution in [3.05, 3.63) is 34.9 Å². The van der Waals surface area contributed by atoms with Gasteiger partial charge in [-0.2, -0.15) is 26.3 Å². The van der Waals surface area contributed by atoms with Crippen LogP contribution in [0.15, 0.2) is 18.2 Å². The predicted octanol–water partition coefficient (Wildman–Crippen LogP) is 4.17. The van der Waals surface area contributed by atoms with Crippen LogP contribution < -0.4 is 0 Å². The molecule has 0 aliphatic carbocycles. The maximum Gasteiger partial charge on any atom is 0.416 e. The third-order valence-electron chi connectivity index (χ3n) is 2.43. The Labute approximate surface area is 99.0 Å². The molecule has 1 rings (SSSR count). The van der Waals surface area contributed by atoms with Crippen molar-refractivity contribution in [2.75, 3.05) is 0 Å². The minimum absolute atomic E-state index is 0.0194. The molecule has 1 aromatic rings. The molecule has 1 atom stereocenters. The lowest BCUT2D eigenvalue weighted by molar-refractivity contribution is -0.144. The van der Waals surface area contributed by atoms with Gasteiger partial charge in [0, 0.05) is 0 Å². The van der Waals surface area contributed by atoms with Crippen LogP contribution in [0.1, 0.15) is 36.1 Å². The van der Waals surface area contributed by atoms with E-state index in [-0.39, 0.29) is 12.5 Å². The lowest BCUT2D eigenvalue weighted by atomic mass is 9.97. The molecular formula is C11H10F6O. The molecule has 0 radical (unpaired) electrons. The summed E-state index contributed by atoms with van der Waals surface area (Å²) in [6, 6.07) is 1.22. The first-order valence-electron chi connectivity index (χ1n) is 5.03. The van der Waals surface area contributed by atoms with Crippen molar-refractivity contribution in [3.8, 4) is 0 Å². The van der Waals surface area contributed by atoms with E-state index in [1.54, 1.807) is 0 Å². The number of alkyl halides is 6. The molecule has 0 amide bonds. The summed E-state index contributed by atoms with van der Waals surface area (Å²) in [5, 5.41) is 9.39. The van der Waals surface area contributed by atoms with Gasteiger partial charge in [-0.25, -0.2) is 0 Å². The summed E-state index contributed by atoms with van der Waals surface area (Å²) >= 11 is 0. The molecule has 7 heteroatoms. The van der Waals surface area contributed by atoms with E-state index in [1.165, 1.54) is 6.92 Å². The monoisotopic (exact) mass is 272 g/mol. The highest BCUT2D eigenvalue weighted by Crippen LogP contribution is 2.39. The Hall–Kier alpha value is -1.24. The van der Waals surface area contributed by atoms with Gasteiger partial charge in [-0.05, 0) is 24.1 Å². The Morgan fingerprint density at radius 3 is 2.00 bits per heavy atom. The maximum absolute atomic E-state index is 12.6. The van der Waals surface area contributed by atoms with E-state index in [0.717, 1.165) is 0 Å². The second-order valence-corrected chi connectivity index (χ2v) is 3.72. The van der Waals surface area contributed by atoms with Crippen LogP contribution in [0.3, 0.4) is 0 Å².